The summed E-state index contributed by atoms with van der Waals surface area (Å²) in [7, 11) is 0. The molecular weight excluding hydrogens is 326 g/mol. The summed E-state index contributed by atoms with van der Waals surface area (Å²) in [4.78, 5) is 23.9. The molecule has 0 aromatic heterocycles. The molecule has 1 aromatic carbocycles. The van der Waals surface area contributed by atoms with Crippen molar-refractivity contribution in [3.63, 3.8) is 0 Å². The molecule has 8 heteroatoms. The summed E-state index contributed by atoms with van der Waals surface area (Å²) in [6, 6.07) is 8.42. The predicted molar refractivity (Wildman–Crippen MR) is 88.6 cm³/mol. The topological polar surface area (TPSA) is 136 Å². The Balaban J connectivity index is 2.02. The van der Waals surface area contributed by atoms with Gasteiger partial charge in [-0.25, -0.2) is 0 Å². The van der Waals surface area contributed by atoms with Gasteiger partial charge in [0.05, 0.1) is 0 Å². The molecule has 0 radical (unpaired) electrons. The number of rotatable bonds is 6. The van der Waals surface area contributed by atoms with Gasteiger partial charge in [0, 0.05) is 19.5 Å². The van der Waals surface area contributed by atoms with Crippen LogP contribution in [-0.2, 0) is 20.7 Å². The first kappa shape index (κ1) is 18.9. The van der Waals surface area contributed by atoms with E-state index in [-0.39, 0.29) is 11.7 Å². The van der Waals surface area contributed by atoms with Gasteiger partial charge in [-0.15, -0.1) is 0 Å². The second kappa shape index (κ2) is 8.61. The maximum absolute atomic E-state index is 12.5. The zero-order chi connectivity index (χ0) is 18.4. The Labute approximate surface area is 145 Å². The van der Waals surface area contributed by atoms with Gasteiger partial charge in [0.2, 0.25) is 18.3 Å². The molecule has 2 amide bonds. The lowest BCUT2D eigenvalue weighted by molar-refractivity contribution is -0.415. The molecule has 0 saturated carbocycles. The summed E-state index contributed by atoms with van der Waals surface area (Å²) >= 11 is 0. The minimum Gasteiger partial charge on any atom is -0.477 e. The molecular formula is C17H24N3O5+. The molecule has 7 N–H and O–H groups in total. The van der Waals surface area contributed by atoms with Crippen LogP contribution in [0.1, 0.15) is 12.5 Å². The zero-order valence-corrected chi connectivity index (χ0v) is 14.0. The van der Waals surface area contributed by atoms with E-state index >= 15 is 0 Å². The summed E-state index contributed by atoms with van der Waals surface area (Å²) in [5.41, 5.74) is 4.93. The number of aliphatic hydroxyl groups excluding tert-OH is 1. The van der Waals surface area contributed by atoms with Crippen LogP contribution < -0.4 is 16.4 Å². The molecule has 0 fully saturated rings. The zero-order valence-electron chi connectivity index (χ0n) is 14.0. The van der Waals surface area contributed by atoms with Crippen LogP contribution >= 0.6 is 0 Å². The van der Waals surface area contributed by atoms with Crippen LogP contribution in [0.15, 0.2) is 42.2 Å². The highest BCUT2D eigenvalue weighted by molar-refractivity contribution is 5.83. The Morgan fingerprint density at radius 1 is 1.28 bits per heavy atom. The number of carbonyl (C=O) groups is 2. The van der Waals surface area contributed by atoms with E-state index in [1.54, 1.807) is 0 Å². The standard InChI is InChI=1S/C17H23N3O5/c1-10(21)20-14-12(18)9-13(17(23)24)25-15(14)16(22)19-8-7-11-5-3-2-4-6-11/h2-6,9,12,14-15,17,23-24H,7-8,18H2,1H3,(H,19,22)(H,20,21)/p+1/t12-,14+,15+/m0/s1. The summed E-state index contributed by atoms with van der Waals surface area (Å²) in [5.74, 6) is -0.926. The molecule has 0 saturated heterocycles. The van der Waals surface area contributed by atoms with Crippen molar-refractivity contribution in [3.05, 3.63) is 47.7 Å². The number of carbonyl (C=O) groups excluding carboxylic acids is 2. The average Bonchev–Trinajstić information content (AvgIpc) is 2.56. The number of hydrogen-bond acceptors (Lipinski definition) is 5. The SMILES string of the molecule is CC(=O)N[C@@H]1[C@@H]([NH3+])C=C(C(O)O)O[C@H]1C(=O)NCCc1ccccc1. The lowest BCUT2D eigenvalue weighted by Crippen LogP contribution is -2.74. The molecule has 1 aliphatic heterocycles. The maximum atomic E-state index is 12.5. The Kier molecular flexibility index (Phi) is 6.51. The smallest absolute Gasteiger partial charge is 0.263 e. The fourth-order valence-corrected chi connectivity index (χ4v) is 2.65. The number of nitrogens with one attached hydrogen (secondary N) is 2. The third kappa shape index (κ3) is 5.28. The molecule has 25 heavy (non-hydrogen) atoms. The van der Waals surface area contributed by atoms with Gasteiger partial charge < -0.3 is 31.3 Å². The molecule has 2 rings (SSSR count). The van der Waals surface area contributed by atoms with Crippen LogP contribution in [-0.4, -0.2) is 53.0 Å². The fraction of sp³-hybridized carbons (Fsp3) is 0.412. The quantitative estimate of drug-likeness (QED) is 0.380. The molecule has 0 spiro atoms. The van der Waals surface area contributed by atoms with Crippen LogP contribution in [0.3, 0.4) is 0 Å². The monoisotopic (exact) mass is 350 g/mol. The maximum Gasteiger partial charge on any atom is 0.263 e. The number of quaternary nitrogens is 1. The molecule has 136 valence electrons. The van der Waals surface area contributed by atoms with Gasteiger partial charge in [-0.05, 0) is 12.0 Å². The summed E-state index contributed by atoms with van der Waals surface area (Å²) < 4.78 is 5.39. The second-order valence-corrected chi connectivity index (χ2v) is 5.90. The average molecular weight is 350 g/mol. The van der Waals surface area contributed by atoms with Crippen molar-refractivity contribution in [2.75, 3.05) is 6.54 Å². The Bertz CT molecular complexity index is 632. The first-order chi connectivity index (χ1) is 11.9. The summed E-state index contributed by atoms with van der Waals surface area (Å²) in [6.45, 7) is 1.72. The van der Waals surface area contributed by atoms with E-state index in [9.17, 15) is 19.8 Å². The van der Waals surface area contributed by atoms with E-state index in [1.807, 2.05) is 30.3 Å². The number of benzene rings is 1. The van der Waals surface area contributed by atoms with Crippen molar-refractivity contribution in [1.29, 1.82) is 0 Å². The van der Waals surface area contributed by atoms with Crippen LogP contribution in [0.5, 0.6) is 0 Å². The van der Waals surface area contributed by atoms with Crippen molar-refractivity contribution < 1.29 is 30.3 Å². The Morgan fingerprint density at radius 2 is 1.96 bits per heavy atom. The van der Waals surface area contributed by atoms with Gasteiger partial charge >= 0.3 is 0 Å². The largest absolute Gasteiger partial charge is 0.477 e. The van der Waals surface area contributed by atoms with Crippen molar-refractivity contribution in [2.45, 2.75) is 37.8 Å². The molecule has 1 heterocycles. The molecule has 1 aromatic rings. The molecule has 0 unspecified atom stereocenters. The normalized spacial score (nSPS) is 22.8. The Hall–Kier alpha value is -2.42. The van der Waals surface area contributed by atoms with Crippen LogP contribution in [0.4, 0.5) is 0 Å². The number of aliphatic hydroxyl groups is 2. The number of amides is 2. The van der Waals surface area contributed by atoms with Crippen molar-refractivity contribution in [1.82, 2.24) is 10.6 Å². The highest BCUT2D eigenvalue weighted by Crippen LogP contribution is 2.19. The van der Waals surface area contributed by atoms with Crippen molar-refractivity contribution in [3.8, 4) is 0 Å². The third-order valence-electron chi connectivity index (χ3n) is 3.87. The summed E-state index contributed by atoms with van der Waals surface area (Å²) in [5, 5.41) is 24.0. The van der Waals surface area contributed by atoms with Crippen molar-refractivity contribution in [2.24, 2.45) is 0 Å². The van der Waals surface area contributed by atoms with E-state index in [0.29, 0.717) is 13.0 Å². The lowest BCUT2D eigenvalue weighted by atomic mass is 9.98. The van der Waals surface area contributed by atoms with Gasteiger partial charge in [0.15, 0.2) is 5.76 Å². The predicted octanol–water partition coefficient (Wildman–Crippen LogP) is -1.95. The van der Waals surface area contributed by atoms with Crippen molar-refractivity contribution >= 4 is 11.8 Å². The minimum absolute atomic E-state index is 0.148. The second-order valence-electron chi connectivity index (χ2n) is 5.90. The minimum atomic E-state index is -1.85. The molecule has 3 atom stereocenters. The highest BCUT2D eigenvalue weighted by atomic mass is 16.6. The highest BCUT2D eigenvalue weighted by Gasteiger charge is 2.41. The van der Waals surface area contributed by atoms with Crippen LogP contribution in [0.25, 0.3) is 0 Å². The first-order valence-corrected chi connectivity index (χ1v) is 8.05. The first-order valence-electron chi connectivity index (χ1n) is 8.05. The van der Waals surface area contributed by atoms with Crippen LogP contribution in [0.2, 0.25) is 0 Å². The van der Waals surface area contributed by atoms with E-state index in [4.69, 9.17) is 4.74 Å². The molecule has 8 nitrogen and oxygen atoms in total. The third-order valence-corrected chi connectivity index (χ3v) is 3.87. The Morgan fingerprint density at radius 3 is 2.56 bits per heavy atom. The lowest BCUT2D eigenvalue weighted by Gasteiger charge is -2.33. The number of hydrogen-bond donors (Lipinski definition) is 5. The van der Waals surface area contributed by atoms with Gasteiger partial charge in [-0.3, -0.25) is 9.59 Å². The molecule has 0 aliphatic carbocycles. The van der Waals surface area contributed by atoms with Crippen LogP contribution in [0, 0.1) is 0 Å². The van der Waals surface area contributed by atoms with Gasteiger partial charge in [-0.2, -0.15) is 0 Å². The molecule has 0 bridgehead atoms. The van der Waals surface area contributed by atoms with Gasteiger partial charge in [0.25, 0.3) is 5.91 Å². The fourth-order valence-electron chi connectivity index (χ4n) is 2.65. The van der Waals surface area contributed by atoms with E-state index < -0.39 is 30.4 Å². The number of ether oxygens (including phenoxy) is 1. The van der Waals surface area contributed by atoms with E-state index in [0.717, 1.165) is 5.56 Å². The van der Waals surface area contributed by atoms with E-state index in [1.165, 1.54) is 13.0 Å². The van der Waals surface area contributed by atoms with Gasteiger partial charge in [0.1, 0.15) is 12.1 Å². The van der Waals surface area contributed by atoms with E-state index in [2.05, 4.69) is 16.4 Å². The summed E-state index contributed by atoms with van der Waals surface area (Å²) in [6.07, 6.45) is -0.909. The van der Waals surface area contributed by atoms with Gasteiger partial charge in [-0.1, -0.05) is 30.3 Å². The molecule has 1 aliphatic rings.